The Morgan fingerprint density at radius 2 is 2.14 bits per heavy atom. The van der Waals surface area contributed by atoms with E-state index in [9.17, 15) is 19.2 Å². The average Bonchev–Trinajstić information content (AvgIpc) is 2.84. The summed E-state index contributed by atoms with van der Waals surface area (Å²) in [6.45, 7) is 3.41. The first-order chi connectivity index (χ1) is 9.85. The van der Waals surface area contributed by atoms with Crippen LogP contribution in [0.3, 0.4) is 0 Å². The van der Waals surface area contributed by atoms with E-state index in [0.29, 0.717) is 6.42 Å². The zero-order valence-corrected chi connectivity index (χ0v) is 12.0. The molecule has 8 nitrogen and oxygen atoms in total. The molecule has 0 radical (unpaired) electrons. The topological polar surface area (TPSA) is 122 Å². The Balaban J connectivity index is 2.57. The number of carboxylic acids is 1. The molecule has 2 amide bonds. The maximum Gasteiger partial charge on any atom is 0.326 e. The molecule has 0 aromatic rings. The van der Waals surface area contributed by atoms with Gasteiger partial charge in [0, 0.05) is 6.42 Å². The Labute approximate surface area is 122 Å². The van der Waals surface area contributed by atoms with Crippen LogP contribution < -0.4 is 10.6 Å². The predicted molar refractivity (Wildman–Crippen MR) is 71.1 cm³/mol. The van der Waals surface area contributed by atoms with E-state index >= 15 is 0 Å². The molecule has 1 rings (SSSR count). The second-order valence-electron chi connectivity index (χ2n) is 4.95. The molecule has 21 heavy (non-hydrogen) atoms. The van der Waals surface area contributed by atoms with Crippen molar-refractivity contribution < 1.29 is 29.0 Å². The largest absolute Gasteiger partial charge is 0.480 e. The molecule has 0 saturated carbocycles. The lowest BCUT2D eigenvalue weighted by molar-refractivity contribution is -0.149. The number of esters is 1. The monoisotopic (exact) mass is 300 g/mol. The van der Waals surface area contributed by atoms with Gasteiger partial charge in [-0.15, -0.1) is 0 Å². The molecule has 0 aromatic carbocycles. The molecule has 3 N–H and O–H groups in total. The molecule has 0 bridgehead atoms. The highest BCUT2D eigenvalue weighted by molar-refractivity contribution is 5.92. The van der Waals surface area contributed by atoms with Crippen molar-refractivity contribution in [2.24, 2.45) is 5.92 Å². The number of amides is 2. The van der Waals surface area contributed by atoms with E-state index in [4.69, 9.17) is 9.84 Å². The van der Waals surface area contributed by atoms with E-state index in [0.717, 1.165) is 0 Å². The van der Waals surface area contributed by atoms with Crippen molar-refractivity contribution in [2.75, 3.05) is 6.61 Å². The molecule has 118 valence electrons. The lowest BCUT2D eigenvalue weighted by atomic mass is 10.0. The van der Waals surface area contributed by atoms with E-state index in [1.807, 2.05) is 0 Å². The van der Waals surface area contributed by atoms with Crippen molar-refractivity contribution in [3.05, 3.63) is 0 Å². The second-order valence-corrected chi connectivity index (χ2v) is 4.95. The van der Waals surface area contributed by atoms with E-state index < -0.39 is 35.8 Å². The lowest BCUT2D eigenvalue weighted by Crippen LogP contribution is -2.49. The molecule has 8 heteroatoms. The zero-order valence-electron chi connectivity index (χ0n) is 12.0. The number of carbonyl (C=O) groups is 4. The van der Waals surface area contributed by atoms with E-state index in [1.54, 1.807) is 6.92 Å². The SMILES string of the molecule is CCOC(=O)[C@@H](C)C[C@@H](NC(=O)[C@H]1CCC(=O)N1)C(=O)O. The fraction of sp³-hybridized carbons (Fsp3) is 0.692. The molecule has 1 aliphatic heterocycles. The quantitative estimate of drug-likeness (QED) is 0.541. The molecule has 0 unspecified atom stereocenters. The molecule has 1 fully saturated rings. The minimum Gasteiger partial charge on any atom is -0.480 e. The van der Waals surface area contributed by atoms with E-state index in [1.165, 1.54) is 6.92 Å². The number of carboxylic acid groups (broad SMARTS) is 1. The number of ether oxygens (including phenoxy) is 1. The predicted octanol–water partition coefficient (Wildman–Crippen LogP) is -0.576. The van der Waals surface area contributed by atoms with Crippen LogP contribution in [0.5, 0.6) is 0 Å². The molecule has 0 aliphatic carbocycles. The summed E-state index contributed by atoms with van der Waals surface area (Å²) in [5.74, 6) is -3.17. The van der Waals surface area contributed by atoms with Crippen molar-refractivity contribution in [3.8, 4) is 0 Å². The van der Waals surface area contributed by atoms with Crippen LogP contribution in [-0.2, 0) is 23.9 Å². The molecule has 1 saturated heterocycles. The van der Waals surface area contributed by atoms with Crippen LogP contribution in [-0.4, -0.2) is 47.6 Å². The van der Waals surface area contributed by atoms with Gasteiger partial charge in [0.15, 0.2) is 0 Å². The molecule has 3 atom stereocenters. The Hall–Kier alpha value is -2.12. The molecule has 0 spiro atoms. The third-order valence-corrected chi connectivity index (χ3v) is 3.20. The number of carbonyl (C=O) groups excluding carboxylic acids is 3. The van der Waals surface area contributed by atoms with Gasteiger partial charge in [-0.05, 0) is 19.8 Å². The number of aliphatic carboxylic acids is 1. The van der Waals surface area contributed by atoms with Gasteiger partial charge >= 0.3 is 11.9 Å². The summed E-state index contributed by atoms with van der Waals surface area (Å²) in [4.78, 5) is 45.6. The Bertz CT molecular complexity index is 436. The van der Waals surface area contributed by atoms with Gasteiger partial charge in [0.2, 0.25) is 11.8 Å². The second kappa shape index (κ2) is 7.61. The van der Waals surface area contributed by atoms with Crippen LogP contribution >= 0.6 is 0 Å². The summed E-state index contributed by atoms with van der Waals surface area (Å²) in [5, 5.41) is 13.9. The zero-order chi connectivity index (χ0) is 16.0. The highest BCUT2D eigenvalue weighted by Gasteiger charge is 2.32. The van der Waals surface area contributed by atoms with Crippen molar-refractivity contribution in [1.82, 2.24) is 10.6 Å². The third kappa shape index (κ3) is 5.05. The van der Waals surface area contributed by atoms with Gasteiger partial charge < -0.3 is 20.5 Å². The first-order valence-electron chi connectivity index (χ1n) is 6.84. The number of hydrogen-bond donors (Lipinski definition) is 3. The normalized spacial score (nSPS) is 20.3. The summed E-state index contributed by atoms with van der Waals surface area (Å²) >= 11 is 0. The minimum atomic E-state index is -1.23. The highest BCUT2D eigenvalue weighted by atomic mass is 16.5. The number of rotatable bonds is 7. The van der Waals surface area contributed by atoms with Crippen LogP contribution in [0.25, 0.3) is 0 Å². The molecule has 1 aliphatic rings. The van der Waals surface area contributed by atoms with E-state index in [-0.39, 0.29) is 25.4 Å². The van der Waals surface area contributed by atoms with Crippen molar-refractivity contribution >= 4 is 23.8 Å². The van der Waals surface area contributed by atoms with Gasteiger partial charge in [0.25, 0.3) is 0 Å². The van der Waals surface area contributed by atoms with E-state index in [2.05, 4.69) is 10.6 Å². The summed E-state index contributed by atoms with van der Waals surface area (Å²) in [6, 6.07) is -1.91. The summed E-state index contributed by atoms with van der Waals surface area (Å²) in [6.07, 6.45) is 0.514. The number of hydrogen-bond acceptors (Lipinski definition) is 5. The summed E-state index contributed by atoms with van der Waals surface area (Å²) in [5.41, 5.74) is 0. The van der Waals surface area contributed by atoms with Crippen LogP contribution in [0.15, 0.2) is 0 Å². The maximum atomic E-state index is 11.9. The van der Waals surface area contributed by atoms with Gasteiger partial charge in [-0.1, -0.05) is 6.92 Å². The highest BCUT2D eigenvalue weighted by Crippen LogP contribution is 2.11. The van der Waals surface area contributed by atoms with Gasteiger partial charge in [-0.3, -0.25) is 14.4 Å². The summed E-state index contributed by atoms with van der Waals surface area (Å²) < 4.78 is 4.80. The van der Waals surface area contributed by atoms with Crippen molar-refractivity contribution in [1.29, 1.82) is 0 Å². The Morgan fingerprint density at radius 1 is 1.48 bits per heavy atom. The van der Waals surface area contributed by atoms with Gasteiger partial charge in [-0.2, -0.15) is 0 Å². The summed E-state index contributed by atoms with van der Waals surface area (Å²) in [7, 11) is 0. The first kappa shape index (κ1) is 16.9. The molecular weight excluding hydrogens is 280 g/mol. The van der Waals surface area contributed by atoms with Crippen LogP contribution in [0.4, 0.5) is 0 Å². The Morgan fingerprint density at radius 3 is 2.62 bits per heavy atom. The van der Waals surface area contributed by atoms with Crippen molar-refractivity contribution in [2.45, 2.75) is 45.2 Å². The minimum absolute atomic E-state index is 0.0689. The molecule has 1 heterocycles. The van der Waals surface area contributed by atoms with Crippen LogP contribution in [0, 0.1) is 5.92 Å². The van der Waals surface area contributed by atoms with Gasteiger partial charge in [-0.25, -0.2) is 4.79 Å². The Kier molecular flexibility index (Phi) is 6.13. The van der Waals surface area contributed by atoms with Gasteiger partial charge in [0.1, 0.15) is 12.1 Å². The smallest absolute Gasteiger partial charge is 0.326 e. The van der Waals surface area contributed by atoms with Crippen LogP contribution in [0.2, 0.25) is 0 Å². The first-order valence-corrected chi connectivity index (χ1v) is 6.84. The fourth-order valence-corrected chi connectivity index (χ4v) is 2.04. The van der Waals surface area contributed by atoms with Gasteiger partial charge in [0.05, 0.1) is 12.5 Å². The standard InChI is InChI=1S/C13H20N2O6/c1-3-21-13(20)7(2)6-9(12(18)19)15-11(17)8-4-5-10(16)14-8/h7-9H,3-6H2,1-2H3,(H,14,16)(H,15,17)(H,18,19)/t7-,8+,9+/m0/s1. The van der Waals surface area contributed by atoms with Crippen molar-refractivity contribution in [3.63, 3.8) is 0 Å². The lowest BCUT2D eigenvalue weighted by Gasteiger charge is -2.19. The molecule has 0 aromatic heterocycles. The molecular formula is C13H20N2O6. The fourth-order valence-electron chi connectivity index (χ4n) is 2.04. The number of nitrogens with one attached hydrogen (secondary N) is 2. The maximum absolute atomic E-state index is 11.9. The average molecular weight is 300 g/mol. The van der Waals surface area contributed by atoms with Crippen LogP contribution in [0.1, 0.15) is 33.1 Å². The third-order valence-electron chi connectivity index (χ3n) is 3.20.